The zero-order valence-corrected chi connectivity index (χ0v) is 18.8. The standard InChI is InChI=1S/C22H23ClF3NO4S/c1-22(29)9-12-2-3-13(10-22)20(12)32(30,31)18-6-11(4-5-15(18)23)21(28)27-14-7-16(24)19(26)17(25)8-14/h4-5,7-8,12-13,18,20,29H,2-3,6,9-10H2,1H3,(H,27,28)/t12?,13?,18?,20-,22-. The monoisotopic (exact) mass is 489 g/mol. The number of sulfone groups is 1. The van der Waals surface area contributed by atoms with Crippen LogP contribution in [0.1, 0.15) is 39.0 Å². The third-order valence-corrected chi connectivity index (χ3v) is 9.97. The molecule has 1 aromatic rings. The summed E-state index contributed by atoms with van der Waals surface area (Å²) in [5.74, 6) is -5.67. The van der Waals surface area contributed by atoms with Gasteiger partial charge in [-0.2, -0.15) is 0 Å². The quantitative estimate of drug-likeness (QED) is 0.620. The molecular formula is C22H23ClF3NO4S. The molecule has 2 N–H and O–H groups in total. The number of carbonyl (C=O) groups is 1. The number of hydrogen-bond donors (Lipinski definition) is 2. The SMILES string of the molecule is C[C@]1(O)CC2CCC(C1)[C@H]2S(=O)(=O)C1CC(C(=O)Nc2cc(F)c(F)c(F)c2)=CC=C1Cl. The van der Waals surface area contributed by atoms with Gasteiger partial charge in [-0.25, -0.2) is 21.6 Å². The number of rotatable bonds is 4. The summed E-state index contributed by atoms with van der Waals surface area (Å²) in [4.78, 5) is 12.6. The summed E-state index contributed by atoms with van der Waals surface area (Å²) in [6.45, 7) is 1.72. The highest BCUT2D eigenvalue weighted by atomic mass is 35.5. The van der Waals surface area contributed by atoms with Crippen LogP contribution in [0.2, 0.25) is 0 Å². The number of fused-ring (bicyclic) bond motifs is 2. The van der Waals surface area contributed by atoms with Crippen molar-refractivity contribution in [1.82, 2.24) is 0 Å². The first-order chi connectivity index (χ1) is 14.9. The molecule has 0 radical (unpaired) electrons. The highest BCUT2D eigenvalue weighted by Crippen LogP contribution is 2.51. The molecule has 2 fully saturated rings. The van der Waals surface area contributed by atoms with Crippen molar-refractivity contribution in [2.24, 2.45) is 11.8 Å². The Labute approximate surface area is 189 Å². The van der Waals surface area contributed by atoms with Gasteiger partial charge < -0.3 is 10.4 Å². The van der Waals surface area contributed by atoms with Crippen molar-refractivity contribution in [2.45, 2.75) is 55.1 Å². The van der Waals surface area contributed by atoms with E-state index in [1.807, 2.05) is 0 Å². The third kappa shape index (κ3) is 4.22. The number of carbonyl (C=O) groups excluding carboxylic acids is 1. The molecule has 4 rings (SSSR count). The molecule has 174 valence electrons. The van der Waals surface area contributed by atoms with E-state index in [4.69, 9.17) is 11.6 Å². The van der Waals surface area contributed by atoms with Crippen molar-refractivity contribution in [1.29, 1.82) is 0 Å². The Morgan fingerprint density at radius 1 is 1.12 bits per heavy atom. The molecule has 0 heterocycles. The van der Waals surface area contributed by atoms with Gasteiger partial charge in [0.15, 0.2) is 27.3 Å². The van der Waals surface area contributed by atoms with Crippen molar-refractivity contribution >= 4 is 33.0 Å². The zero-order chi connectivity index (χ0) is 23.4. The molecule has 32 heavy (non-hydrogen) atoms. The Kier molecular flexibility index (Phi) is 5.96. The van der Waals surface area contributed by atoms with Crippen LogP contribution in [-0.2, 0) is 14.6 Å². The van der Waals surface area contributed by atoms with Gasteiger partial charge in [-0.1, -0.05) is 17.7 Å². The van der Waals surface area contributed by atoms with E-state index in [2.05, 4.69) is 5.32 Å². The summed E-state index contributed by atoms with van der Waals surface area (Å²) in [6, 6.07) is 1.28. The molecule has 1 amide bonds. The van der Waals surface area contributed by atoms with E-state index in [1.54, 1.807) is 6.92 Å². The van der Waals surface area contributed by atoms with E-state index in [1.165, 1.54) is 12.2 Å². The van der Waals surface area contributed by atoms with Crippen molar-refractivity contribution in [2.75, 3.05) is 5.32 Å². The van der Waals surface area contributed by atoms with Crippen LogP contribution in [-0.4, -0.2) is 35.5 Å². The van der Waals surface area contributed by atoms with Crippen LogP contribution in [0.15, 0.2) is 34.9 Å². The molecule has 10 heteroatoms. The van der Waals surface area contributed by atoms with Gasteiger partial charge in [-0.05, 0) is 56.9 Å². The zero-order valence-electron chi connectivity index (χ0n) is 17.2. The normalized spacial score (nSPS) is 32.3. The number of benzene rings is 1. The average Bonchev–Trinajstić information content (AvgIpc) is 2.99. The minimum Gasteiger partial charge on any atom is -0.390 e. The van der Waals surface area contributed by atoms with Gasteiger partial charge in [-0.15, -0.1) is 0 Å². The second-order valence-electron chi connectivity index (χ2n) is 9.20. The lowest BCUT2D eigenvalue weighted by molar-refractivity contribution is -0.113. The van der Waals surface area contributed by atoms with Crippen LogP contribution in [0, 0.1) is 29.3 Å². The Bertz CT molecular complexity index is 1090. The summed E-state index contributed by atoms with van der Waals surface area (Å²) in [5, 5.41) is 11.1. The van der Waals surface area contributed by atoms with Gasteiger partial charge in [0.2, 0.25) is 0 Å². The number of anilines is 1. The molecule has 3 aliphatic rings. The van der Waals surface area contributed by atoms with E-state index < -0.39 is 49.3 Å². The van der Waals surface area contributed by atoms with Crippen LogP contribution in [0.4, 0.5) is 18.9 Å². The van der Waals surface area contributed by atoms with E-state index in [-0.39, 0.29) is 34.5 Å². The Hall–Kier alpha value is -1.84. The number of amides is 1. The molecule has 3 atom stereocenters. The third-order valence-electron chi connectivity index (χ3n) is 6.71. The molecule has 3 unspecified atom stereocenters. The number of allylic oxidation sites excluding steroid dienone is 2. The summed E-state index contributed by atoms with van der Waals surface area (Å²) >= 11 is 6.26. The van der Waals surface area contributed by atoms with Crippen molar-refractivity contribution in [3.63, 3.8) is 0 Å². The number of nitrogens with one attached hydrogen (secondary N) is 1. The smallest absolute Gasteiger partial charge is 0.251 e. The van der Waals surface area contributed by atoms with Crippen molar-refractivity contribution < 1.29 is 31.5 Å². The maximum Gasteiger partial charge on any atom is 0.251 e. The lowest BCUT2D eigenvalue weighted by Crippen LogP contribution is -2.47. The minimum atomic E-state index is -3.78. The minimum absolute atomic E-state index is 0.0725. The number of aliphatic hydroxyl groups is 1. The van der Waals surface area contributed by atoms with Crippen molar-refractivity contribution in [3.05, 3.63) is 52.3 Å². The molecule has 0 aromatic heterocycles. The van der Waals surface area contributed by atoms with Gasteiger partial charge in [0.25, 0.3) is 5.91 Å². The molecule has 2 saturated carbocycles. The largest absolute Gasteiger partial charge is 0.390 e. The summed E-state index contributed by atoms with van der Waals surface area (Å²) in [5.41, 5.74) is -1.11. The van der Waals surface area contributed by atoms with Crippen LogP contribution in [0.5, 0.6) is 0 Å². The lowest BCUT2D eigenvalue weighted by Gasteiger charge is -2.40. The fourth-order valence-electron chi connectivity index (χ4n) is 5.45. The van der Waals surface area contributed by atoms with Crippen LogP contribution in [0.25, 0.3) is 0 Å². The Morgan fingerprint density at radius 3 is 2.25 bits per heavy atom. The van der Waals surface area contributed by atoms with Gasteiger partial charge in [0.05, 0.1) is 10.9 Å². The fraction of sp³-hybridized carbons (Fsp3) is 0.500. The fourth-order valence-corrected chi connectivity index (χ4v) is 8.68. The van der Waals surface area contributed by atoms with E-state index in [0.29, 0.717) is 37.8 Å². The molecule has 3 aliphatic carbocycles. The second kappa shape index (κ2) is 8.18. The summed E-state index contributed by atoms with van der Waals surface area (Å²) < 4.78 is 67.2. The average molecular weight is 490 g/mol. The Morgan fingerprint density at radius 2 is 1.69 bits per heavy atom. The predicted molar refractivity (Wildman–Crippen MR) is 114 cm³/mol. The maximum atomic E-state index is 13.6. The first kappa shape index (κ1) is 23.3. The number of halogens is 4. The summed E-state index contributed by atoms with van der Waals surface area (Å²) in [6.07, 6.45) is 4.73. The van der Waals surface area contributed by atoms with Crippen LogP contribution < -0.4 is 5.32 Å². The van der Waals surface area contributed by atoms with Gasteiger partial charge in [0.1, 0.15) is 5.25 Å². The molecule has 0 aliphatic heterocycles. The van der Waals surface area contributed by atoms with E-state index in [9.17, 15) is 31.5 Å². The predicted octanol–water partition coefficient (Wildman–Crippen LogP) is 4.22. The highest BCUT2D eigenvalue weighted by Gasteiger charge is 2.54. The molecular weight excluding hydrogens is 467 g/mol. The molecule has 0 saturated heterocycles. The Balaban J connectivity index is 1.54. The van der Waals surface area contributed by atoms with Gasteiger partial charge in [-0.3, -0.25) is 4.79 Å². The van der Waals surface area contributed by atoms with Crippen LogP contribution in [0.3, 0.4) is 0 Å². The molecule has 2 bridgehead atoms. The molecule has 1 aromatic carbocycles. The van der Waals surface area contributed by atoms with Gasteiger partial charge >= 0.3 is 0 Å². The second-order valence-corrected chi connectivity index (χ2v) is 11.9. The van der Waals surface area contributed by atoms with Crippen molar-refractivity contribution in [3.8, 4) is 0 Å². The molecule has 0 spiro atoms. The first-order valence-corrected chi connectivity index (χ1v) is 12.3. The lowest BCUT2D eigenvalue weighted by atomic mass is 9.78. The maximum absolute atomic E-state index is 13.6. The van der Waals surface area contributed by atoms with Crippen LogP contribution >= 0.6 is 11.6 Å². The van der Waals surface area contributed by atoms with E-state index in [0.717, 1.165) is 0 Å². The number of hydrogen-bond acceptors (Lipinski definition) is 4. The first-order valence-electron chi connectivity index (χ1n) is 10.4. The summed E-state index contributed by atoms with van der Waals surface area (Å²) in [7, 11) is -3.78. The highest BCUT2D eigenvalue weighted by molar-refractivity contribution is 7.93. The topological polar surface area (TPSA) is 83.5 Å². The van der Waals surface area contributed by atoms with E-state index >= 15 is 0 Å². The van der Waals surface area contributed by atoms with Gasteiger partial charge in [0, 0.05) is 28.4 Å². The molecule has 5 nitrogen and oxygen atoms in total.